The van der Waals surface area contributed by atoms with E-state index < -0.39 is 0 Å². The van der Waals surface area contributed by atoms with E-state index in [9.17, 15) is 4.79 Å². The molecule has 1 aliphatic heterocycles. The van der Waals surface area contributed by atoms with Crippen LogP contribution in [0.5, 0.6) is 0 Å². The molecular formula is C28H27ClN4OS. The number of benzene rings is 3. The fourth-order valence-corrected chi connectivity index (χ4v) is 5.37. The van der Waals surface area contributed by atoms with Crippen molar-refractivity contribution in [3.05, 3.63) is 112 Å². The zero-order valence-electron chi connectivity index (χ0n) is 19.4. The third kappa shape index (κ3) is 5.72. The zero-order chi connectivity index (χ0) is 24.0. The standard InChI is InChI=1S/C28H27ClN4OS/c29-24-14-12-21(13-15-24)20-25-30-28(35-31-25)33-17-7-16-32(18-19-33)27(34)26(22-8-3-1-4-9-22)23-10-5-2-6-11-23/h1-6,8-15,26H,7,16-20H2. The quantitative estimate of drug-likeness (QED) is 0.341. The maximum atomic E-state index is 13.8. The Balaban J connectivity index is 1.28. The van der Waals surface area contributed by atoms with Crippen molar-refractivity contribution < 1.29 is 4.79 Å². The smallest absolute Gasteiger partial charge is 0.234 e. The lowest BCUT2D eigenvalue weighted by Gasteiger charge is -2.27. The first-order valence-electron chi connectivity index (χ1n) is 11.9. The lowest BCUT2D eigenvalue weighted by atomic mass is 9.90. The van der Waals surface area contributed by atoms with E-state index in [1.165, 1.54) is 11.5 Å². The van der Waals surface area contributed by atoms with Crippen molar-refractivity contribution in [3.63, 3.8) is 0 Å². The van der Waals surface area contributed by atoms with Crippen LogP contribution in [0.4, 0.5) is 5.13 Å². The van der Waals surface area contributed by atoms with Crippen LogP contribution in [0.2, 0.25) is 5.02 Å². The second kappa shape index (κ2) is 11.0. The maximum Gasteiger partial charge on any atom is 0.234 e. The summed E-state index contributed by atoms with van der Waals surface area (Å²) in [5.74, 6) is 0.680. The lowest BCUT2D eigenvalue weighted by molar-refractivity contribution is -0.131. The van der Waals surface area contributed by atoms with Gasteiger partial charge in [-0.05, 0) is 35.2 Å². The molecule has 1 fully saturated rings. The molecule has 178 valence electrons. The van der Waals surface area contributed by atoms with Crippen LogP contribution >= 0.6 is 23.1 Å². The van der Waals surface area contributed by atoms with Gasteiger partial charge in [-0.3, -0.25) is 4.79 Å². The van der Waals surface area contributed by atoms with E-state index >= 15 is 0 Å². The van der Waals surface area contributed by atoms with Crippen LogP contribution in [0.15, 0.2) is 84.9 Å². The first kappa shape index (κ1) is 23.5. The van der Waals surface area contributed by atoms with E-state index in [1.54, 1.807) is 0 Å². The van der Waals surface area contributed by atoms with E-state index in [4.69, 9.17) is 16.6 Å². The molecule has 0 spiro atoms. The minimum atomic E-state index is -0.295. The highest BCUT2D eigenvalue weighted by molar-refractivity contribution is 7.09. The minimum Gasteiger partial charge on any atom is -0.345 e. The number of carbonyl (C=O) groups excluding carboxylic acids is 1. The van der Waals surface area contributed by atoms with Gasteiger partial charge in [0, 0.05) is 49.2 Å². The Kier molecular flexibility index (Phi) is 7.40. The normalized spacial score (nSPS) is 14.2. The van der Waals surface area contributed by atoms with E-state index in [0.717, 1.165) is 58.7 Å². The summed E-state index contributed by atoms with van der Waals surface area (Å²) in [6, 6.07) is 28.0. The monoisotopic (exact) mass is 502 g/mol. The third-order valence-electron chi connectivity index (χ3n) is 6.32. The average molecular weight is 503 g/mol. The van der Waals surface area contributed by atoms with Gasteiger partial charge in [-0.2, -0.15) is 4.37 Å². The van der Waals surface area contributed by atoms with Crippen molar-refractivity contribution in [2.45, 2.75) is 18.8 Å². The topological polar surface area (TPSA) is 49.3 Å². The number of nitrogens with zero attached hydrogens (tertiary/aromatic N) is 4. The number of carbonyl (C=O) groups is 1. The molecule has 2 heterocycles. The molecule has 7 heteroatoms. The number of amides is 1. The Morgan fingerprint density at radius 3 is 2.17 bits per heavy atom. The van der Waals surface area contributed by atoms with Crippen molar-refractivity contribution in [1.29, 1.82) is 0 Å². The van der Waals surface area contributed by atoms with Crippen LogP contribution in [-0.4, -0.2) is 46.3 Å². The van der Waals surface area contributed by atoms with Crippen LogP contribution < -0.4 is 4.90 Å². The minimum absolute atomic E-state index is 0.157. The van der Waals surface area contributed by atoms with Crippen molar-refractivity contribution >= 4 is 34.2 Å². The lowest BCUT2D eigenvalue weighted by Crippen LogP contribution is -2.38. The molecule has 1 aliphatic rings. The molecule has 0 atom stereocenters. The molecule has 0 bridgehead atoms. The summed E-state index contributed by atoms with van der Waals surface area (Å²) in [5, 5.41) is 1.65. The van der Waals surface area contributed by atoms with Gasteiger partial charge in [-0.25, -0.2) is 4.98 Å². The van der Waals surface area contributed by atoms with E-state index in [-0.39, 0.29) is 11.8 Å². The summed E-state index contributed by atoms with van der Waals surface area (Å²) < 4.78 is 4.58. The van der Waals surface area contributed by atoms with Gasteiger partial charge in [-0.1, -0.05) is 84.4 Å². The molecule has 1 saturated heterocycles. The highest BCUT2D eigenvalue weighted by Crippen LogP contribution is 2.28. The largest absolute Gasteiger partial charge is 0.345 e. The highest BCUT2D eigenvalue weighted by Gasteiger charge is 2.29. The predicted octanol–water partition coefficient (Wildman–Crippen LogP) is 5.65. The Labute approximate surface area is 215 Å². The molecule has 0 radical (unpaired) electrons. The van der Waals surface area contributed by atoms with Gasteiger partial charge >= 0.3 is 0 Å². The van der Waals surface area contributed by atoms with E-state index in [1.807, 2.05) is 89.8 Å². The van der Waals surface area contributed by atoms with Crippen molar-refractivity contribution in [2.75, 3.05) is 31.1 Å². The van der Waals surface area contributed by atoms with Gasteiger partial charge in [0.1, 0.15) is 5.82 Å². The first-order chi connectivity index (χ1) is 17.2. The Bertz CT molecular complexity index is 1210. The SMILES string of the molecule is O=C(C(c1ccccc1)c1ccccc1)N1CCCN(c2nc(Cc3ccc(Cl)cc3)ns2)CC1. The second-order valence-corrected chi connectivity index (χ2v) is 9.88. The number of hydrogen-bond acceptors (Lipinski definition) is 5. The summed E-state index contributed by atoms with van der Waals surface area (Å²) in [6.07, 6.45) is 1.58. The summed E-state index contributed by atoms with van der Waals surface area (Å²) >= 11 is 7.43. The number of hydrogen-bond donors (Lipinski definition) is 0. The molecule has 0 saturated carbocycles. The van der Waals surface area contributed by atoms with Crippen LogP contribution in [-0.2, 0) is 11.2 Å². The van der Waals surface area contributed by atoms with Crippen molar-refractivity contribution in [2.24, 2.45) is 0 Å². The molecule has 35 heavy (non-hydrogen) atoms. The molecule has 3 aromatic carbocycles. The molecule has 0 unspecified atom stereocenters. The molecule has 1 aromatic heterocycles. The number of rotatable bonds is 6. The number of anilines is 1. The molecule has 5 rings (SSSR count). The fourth-order valence-electron chi connectivity index (χ4n) is 4.51. The zero-order valence-corrected chi connectivity index (χ0v) is 21.0. The van der Waals surface area contributed by atoms with Gasteiger partial charge in [0.05, 0.1) is 5.92 Å². The number of aromatic nitrogens is 2. The van der Waals surface area contributed by atoms with Gasteiger partial charge in [0.2, 0.25) is 11.0 Å². The summed E-state index contributed by atoms with van der Waals surface area (Å²) in [7, 11) is 0. The van der Waals surface area contributed by atoms with Crippen LogP contribution in [0.3, 0.4) is 0 Å². The van der Waals surface area contributed by atoms with Crippen LogP contribution in [0, 0.1) is 0 Å². The predicted molar refractivity (Wildman–Crippen MR) is 142 cm³/mol. The van der Waals surface area contributed by atoms with Crippen molar-refractivity contribution in [3.8, 4) is 0 Å². The summed E-state index contributed by atoms with van der Waals surface area (Å²) in [6.45, 7) is 3.02. The molecule has 4 aromatic rings. The molecule has 0 N–H and O–H groups in total. The Morgan fingerprint density at radius 1 is 0.857 bits per heavy atom. The van der Waals surface area contributed by atoms with Crippen LogP contribution in [0.25, 0.3) is 0 Å². The Morgan fingerprint density at radius 2 is 1.51 bits per heavy atom. The van der Waals surface area contributed by atoms with Gasteiger partial charge in [0.15, 0.2) is 0 Å². The van der Waals surface area contributed by atoms with E-state index in [0.29, 0.717) is 13.0 Å². The fraction of sp³-hybridized carbons (Fsp3) is 0.250. The van der Waals surface area contributed by atoms with Gasteiger partial charge in [0.25, 0.3) is 0 Å². The Hall–Kier alpha value is -3.22. The molecule has 0 aliphatic carbocycles. The molecule has 1 amide bonds. The van der Waals surface area contributed by atoms with Gasteiger partial charge in [-0.15, -0.1) is 0 Å². The number of halogens is 1. The molecule has 5 nitrogen and oxygen atoms in total. The molecular weight excluding hydrogens is 476 g/mol. The maximum absolute atomic E-state index is 13.8. The highest BCUT2D eigenvalue weighted by atomic mass is 35.5. The van der Waals surface area contributed by atoms with Crippen LogP contribution in [0.1, 0.15) is 34.9 Å². The van der Waals surface area contributed by atoms with Crippen molar-refractivity contribution in [1.82, 2.24) is 14.3 Å². The average Bonchev–Trinajstić information content (AvgIpc) is 3.21. The second-order valence-electron chi connectivity index (χ2n) is 8.72. The summed E-state index contributed by atoms with van der Waals surface area (Å²) in [5.41, 5.74) is 3.20. The first-order valence-corrected chi connectivity index (χ1v) is 13.0. The van der Waals surface area contributed by atoms with Gasteiger partial charge < -0.3 is 9.80 Å². The van der Waals surface area contributed by atoms with E-state index in [2.05, 4.69) is 9.27 Å². The summed E-state index contributed by atoms with van der Waals surface area (Å²) in [4.78, 5) is 22.9. The third-order valence-corrected chi connectivity index (χ3v) is 7.39.